The van der Waals surface area contributed by atoms with Crippen LogP contribution in [0, 0.1) is 5.92 Å². The Morgan fingerprint density at radius 1 is 1.54 bits per heavy atom. The molecule has 2 unspecified atom stereocenters. The number of nitrogens with one attached hydrogen (secondary N) is 1. The zero-order chi connectivity index (χ0) is 18.9. The van der Waals surface area contributed by atoms with E-state index in [1.165, 1.54) is 25.9 Å². The van der Waals surface area contributed by atoms with Gasteiger partial charge >= 0.3 is 0 Å². The minimum absolute atomic E-state index is 0.0498. The van der Waals surface area contributed by atoms with Gasteiger partial charge in [0, 0.05) is 39.2 Å². The molecule has 0 aliphatic carbocycles. The molecule has 1 saturated heterocycles. The number of likely N-dealkylation sites (tertiary alicyclic amines) is 1. The van der Waals surface area contributed by atoms with Crippen LogP contribution in [0.25, 0.3) is 0 Å². The number of aromatic nitrogens is 1. The molecule has 1 aromatic heterocycles. The lowest BCUT2D eigenvalue weighted by Gasteiger charge is -2.31. The highest BCUT2D eigenvalue weighted by Crippen LogP contribution is 2.21. The number of guanidine groups is 1. The first-order valence-electron chi connectivity index (χ1n) is 9.76. The van der Waals surface area contributed by atoms with Crippen molar-refractivity contribution in [3.05, 3.63) is 16.1 Å². The lowest BCUT2D eigenvalue weighted by atomic mass is 9.98. The molecule has 1 fully saturated rings. The number of thiazole rings is 1. The second-order valence-corrected chi connectivity index (χ2v) is 7.90. The van der Waals surface area contributed by atoms with Crippen LogP contribution >= 0.6 is 11.3 Å². The van der Waals surface area contributed by atoms with Crippen LogP contribution in [0.15, 0.2) is 10.4 Å². The van der Waals surface area contributed by atoms with Crippen molar-refractivity contribution >= 4 is 17.3 Å². The third-order valence-electron chi connectivity index (χ3n) is 4.92. The summed E-state index contributed by atoms with van der Waals surface area (Å²) in [5, 5.41) is 6.57. The van der Waals surface area contributed by atoms with Crippen LogP contribution in [0.5, 0.6) is 0 Å². The quantitative estimate of drug-likeness (QED) is 0.554. The third kappa shape index (κ3) is 6.21. The molecule has 6 nitrogen and oxygen atoms in total. The van der Waals surface area contributed by atoms with Gasteiger partial charge in [-0.2, -0.15) is 0 Å². The number of nitrogens with zero attached hydrogens (tertiary/aromatic N) is 4. The van der Waals surface area contributed by atoms with Gasteiger partial charge in [0.25, 0.3) is 0 Å². The minimum atomic E-state index is 0.0498. The lowest BCUT2D eigenvalue weighted by Crippen LogP contribution is -2.40. The van der Waals surface area contributed by atoms with E-state index in [1.54, 1.807) is 18.4 Å². The number of methoxy groups -OCH3 is 1. The second kappa shape index (κ2) is 10.8. The molecule has 1 aliphatic heterocycles. The van der Waals surface area contributed by atoms with E-state index in [4.69, 9.17) is 14.7 Å². The van der Waals surface area contributed by atoms with E-state index in [1.807, 2.05) is 6.92 Å². The topological polar surface area (TPSA) is 53.0 Å². The van der Waals surface area contributed by atoms with Gasteiger partial charge in [-0.25, -0.2) is 4.98 Å². The smallest absolute Gasteiger partial charge is 0.194 e. The van der Waals surface area contributed by atoms with Gasteiger partial charge in [0.05, 0.1) is 12.2 Å². The zero-order valence-corrected chi connectivity index (χ0v) is 17.8. The van der Waals surface area contributed by atoms with E-state index in [0.717, 1.165) is 42.8 Å². The van der Waals surface area contributed by atoms with Gasteiger partial charge < -0.3 is 19.9 Å². The highest BCUT2D eigenvalue weighted by atomic mass is 32.1. The Bertz CT molecular complexity index is 562. The van der Waals surface area contributed by atoms with Crippen molar-refractivity contribution in [2.24, 2.45) is 10.9 Å². The first-order chi connectivity index (χ1) is 12.6. The Morgan fingerprint density at radius 3 is 3.04 bits per heavy atom. The average Bonchev–Trinajstić information content (AvgIpc) is 3.13. The third-order valence-corrected chi connectivity index (χ3v) is 5.97. The molecule has 7 heteroatoms. The summed E-state index contributed by atoms with van der Waals surface area (Å²) in [7, 11) is 3.80. The molecular formula is C19H35N5OS. The van der Waals surface area contributed by atoms with Crippen LogP contribution in [0.2, 0.25) is 0 Å². The van der Waals surface area contributed by atoms with Gasteiger partial charge in [0.15, 0.2) is 5.96 Å². The molecule has 0 amide bonds. The van der Waals surface area contributed by atoms with E-state index < -0.39 is 0 Å². The standard InChI is InChI=1S/C19H35N5OS/c1-6-20-19(21-11-16-9-8-10-24(7-2)12-16)23(4)13-17-14-26-18(22-17)15(3)25-5/h14-16H,6-13H2,1-5H3,(H,20,21). The zero-order valence-electron chi connectivity index (χ0n) is 17.0. The monoisotopic (exact) mass is 381 g/mol. The molecule has 1 aromatic rings. The van der Waals surface area contributed by atoms with Crippen molar-refractivity contribution in [2.45, 2.75) is 46.3 Å². The van der Waals surface area contributed by atoms with Crippen molar-refractivity contribution in [1.29, 1.82) is 0 Å². The molecular weight excluding hydrogens is 346 g/mol. The van der Waals surface area contributed by atoms with Gasteiger partial charge in [-0.3, -0.25) is 4.99 Å². The van der Waals surface area contributed by atoms with E-state index in [9.17, 15) is 0 Å². The van der Waals surface area contributed by atoms with Gasteiger partial charge in [0.1, 0.15) is 11.1 Å². The Balaban J connectivity index is 1.95. The Labute approximate surface area is 162 Å². The fourth-order valence-corrected chi connectivity index (χ4v) is 4.12. The van der Waals surface area contributed by atoms with Crippen LogP contribution in [-0.4, -0.2) is 67.6 Å². The van der Waals surface area contributed by atoms with Crippen molar-refractivity contribution < 1.29 is 4.74 Å². The molecule has 0 saturated carbocycles. The SMILES string of the molecule is CCNC(=NCC1CCCN(CC)C1)N(C)Cc1csc(C(C)OC)n1. The summed E-state index contributed by atoms with van der Waals surface area (Å²) < 4.78 is 5.36. The Kier molecular flexibility index (Phi) is 8.81. The molecule has 1 N–H and O–H groups in total. The number of rotatable bonds is 8. The summed E-state index contributed by atoms with van der Waals surface area (Å²) in [5.74, 6) is 1.63. The van der Waals surface area contributed by atoms with Crippen LogP contribution in [0.4, 0.5) is 0 Å². The highest BCUT2D eigenvalue weighted by Gasteiger charge is 2.19. The second-order valence-electron chi connectivity index (χ2n) is 7.01. The highest BCUT2D eigenvalue weighted by molar-refractivity contribution is 7.09. The van der Waals surface area contributed by atoms with Crippen LogP contribution in [-0.2, 0) is 11.3 Å². The average molecular weight is 382 g/mol. The van der Waals surface area contributed by atoms with E-state index in [-0.39, 0.29) is 6.10 Å². The summed E-state index contributed by atoms with van der Waals surface area (Å²) in [5.41, 5.74) is 1.07. The largest absolute Gasteiger partial charge is 0.375 e. The summed E-state index contributed by atoms with van der Waals surface area (Å²) in [6.07, 6.45) is 2.63. The van der Waals surface area contributed by atoms with E-state index in [0.29, 0.717) is 5.92 Å². The molecule has 2 rings (SSSR count). The lowest BCUT2D eigenvalue weighted by molar-refractivity contribution is 0.119. The molecule has 0 spiro atoms. The summed E-state index contributed by atoms with van der Waals surface area (Å²) in [6.45, 7) is 12.5. The molecule has 148 valence electrons. The van der Waals surface area contributed by atoms with Gasteiger partial charge in [-0.15, -0.1) is 11.3 Å². The fraction of sp³-hybridized carbons (Fsp3) is 0.789. The predicted octanol–water partition coefficient (Wildman–Crippen LogP) is 2.98. The first kappa shape index (κ1) is 21.1. The summed E-state index contributed by atoms with van der Waals surface area (Å²) in [6, 6.07) is 0. The van der Waals surface area contributed by atoms with Crippen molar-refractivity contribution in [1.82, 2.24) is 20.1 Å². The summed E-state index contributed by atoms with van der Waals surface area (Å²) in [4.78, 5) is 14.3. The molecule has 26 heavy (non-hydrogen) atoms. The van der Waals surface area contributed by atoms with Crippen LogP contribution < -0.4 is 5.32 Å². The molecule has 0 radical (unpaired) electrons. The van der Waals surface area contributed by atoms with E-state index in [2.05, 4.69) is 41.4 Å². The normalized spacial score (nSPS) is 20.2. The van der Waals surface area contributed by atoms with Gasteiger partial charge in [0.2, 0.25) is 0 Å². The molecule has 2 heterocycles. The molecule has 2 atom stereocenters. The van der Waals surface area contributed by atoms with Crippen molar-refractivity contribution in [3.63, 3.8) is 0 Å². The van der Waals surface area contributed by atoms with Crippen molar-refractivity contribution in [3.8, 4) is 0 Å². The van der Waals surface area contributed by atoms with Crippen molar-refractivity contribution in [2.75, 3.05) is 46.9 Å². The number of ether oxygens (including phenoxy) is 1. The van der Waals surface area contributed by atoms with Crippen LogP contribution in [0.1, 0.15) is 50.4 Å². The minimum Gasteiger partial charge on any atom is -0.375 e. The number of aliphatic imine (C=N–C) groups is 1. The Hall–Kier alpha value is -1.18. The number of hydrogen-bond donors (Lipinski definition) is 1. The van der Waals surface area contributed by atoms with Gasteiger partial charge in [-0.05, 0) is 45.7 Å². The molecule has 0 aromatic carbocycles. The summed E-state index contributed by atoms with van der Waals surface area (Å²) >= 11 is 1.66. The number of hydrogen-bond acceptors (Lipinski definition) is 5. The maximum atomic E-state index is 5.36. The Morgan fingerprint density at radius 2 is 2.35 bits per heavy atom. The fourth-order valence-electron chi connectivity index (χ4n) is 3.27. The maximum Gasteiger partial charge on any atom is 0.194 e. The predicted molar refractivity (Wildman–Crippen MR) is 110 cm³/mol. The van der Waals surface area contributed by atoms with Crippen LogP contribution in [0.3, 0.4) is 0 Å². The first-order valence-corrected chi connectivity index (χ1v) is 10.6. The maximum absolute atomic E-state index is 5.36. The number of piperidine rings is 1. The van der Waals surface area contributed by atoms with Gasteiger partial charge in [-0.1, -0.05) is 6.92 Å². The van der Waals surface area contributed by atoms with E-state index >= 15 is 0 Å². The molecule has 0 bridgehead atoms. The molecule has 1 aliphatic rings.